The first-order valence-corrected chi connectivity index (χ1v) is 12.1. The number of nitrogens with zero attached hydrogens (tertiary/aromatic N) is 4. The zero-order chi connectivity index (χ0) is 24.3. The lowest BCUT2D eigenvalue weighted by Gasteiger charge is -2.45. The normalized spacial score (nSPS) is 22.5. The van der Waals surface area contributed by atoms with Gasteiger partial charge in [0.1, 0.15) is 11.7 Å². The molecule has 2 aliphatic rings. The van der Waals surface area contributed by atoms with Crippen molar-refractivity contribution in [1.29, 1.82) is 0 Å². The van der Waals surface area contributed by atoms with Gasteiger partial charge in [0.05, 0.1) is 16.8 Å². The number of aromatic nitrogens is 3. The lowest BCUT2D eigenvalue weighted by atomic mass is 9.80. The van der Waals surface area contributed by atoms with E-state index in [1.54, 1.807) is 15.4 Å². The molecule has 0 saturated heterocycles. The molecule has 4 aromatic rings. The van der Waals surface area contributed by atoms with Gasteiger partial charge in [-0.05, 0) is 37.6 Å². The fraction of sp³-hybridized carbons (Fsp3) is 0.231. The molecule has 3 atom stereocenters. The SMILES string of the molecule is Cc1ccccc1NC(=O)[C@@H]1[C@H]2c3ccccc3O[C@@]1(C)N=c1s/c(=C/c3cnn(C)c3)c(=O)n12. The van der Waals surface area contributed by atoms with E-state index in [4.69, 9.17) is 9.73 Å². The van der Waals surface area contributed by atoms with Crippen LogP contribution in [0.3, 0.4) is 0 Å². The molecule has 35 heavy (non-hydrogen) atoms. The Morgan fingerprint density at radius 2 is 1.97 bits per heavy atom. The van der Waals surface area contributed by atoms with Crippen LogP contribution < -0.4 is 24.9 Å². The summed E-state index contributed by atoms with van der Waals surface area (Å²) < 4.78 is 10.2. The van der Waals surface area contributed by atoms with Gasteiger partial charge < -0.3 is 10.1 Å². The Morgan fingerprint density at radius 1 is 1.20 bits per heavy atom. The monoisotopic (exact) mass is 485 g/mol. The number of benzene rings is 2. The highest BCUT2D eigenvalue weighted by Gasteiger charge is 2.55. The van der Waals surface area contributed by atoms with E-state index in [0.29, 0.717) is 15.1 Å². The van der Waals surface area contributed by atoms with Crippen LogP contribution in [-0.4, -0.2) is 26.0 Å². The number of anilines is 1. The number of hydrogen-bond donors (Lipinski definition) is 1. The predicted molar refractivity (Wildman–Crippen MR) is 133 cm³/mol. The van der Waals surface area contributed by atoms with Gasteiger partial charge in [-0.15, -0.1) is 0 Å². The highest BCUT2D eigenvalue weighted by molar-refractivity contribution is 7.07. The molecule has 1 N–H and O–H groups in total. The molecule has 2 aliphatic heterocycles. The molecule has 0 fully saturated rings. The molecule has 8 nitrogen and oxygen atoms in total. The topological polar surface area (TPSA) is 90.5 Å². The number of hydrogen-bond acceptors (Lipinski definition) is 6. The van der Waals surface area contributed by atoms with Crippen molar-refractivity contribution in [3.63, 3.8) is 0 Å². The number of thiazole rings is 1. The number of carbonyl (C=O) groups excluding carboxylic acids is 1. The standard InChI is InChI=1S/C26H23N5O3S/c1-15-8-4-6-10-18(15)28-23(32)21-22-17-9-5-7-11-19(17)34-26(21,2)29-25-31(22)24(33)20(35-25)12-16-13-27-30(3)14-16/h4-14,21-22H,1-3H3,(H,28,32)/b20-12+/t21-,22+,26+/m0/s1. The van der Waals surface area contributed by atoms with Crippen molar-refractivity contribution >= 4 is 29.0 Å². The second kappa shape index (κ2) is 7.78. The molecule has 0 spiro atoms. The molecule has 6 rings (SSSR count). The van der Waals surface area contributed by atoms with E-state index in [2.05, 4.69) is 10.4 Å². The summed E-state index contributed by atoms with van der Waals surface area (Å²) in [6.45, 7) is 3.76. The maximum absolute atomic E-state index is 13.8. The number of rotatable bonds is 3. The smallest absolute Gasteiger partial charge is 0.270 e. The molecule has 2 bridgehead atoms. The number of para-hydroxylation sites is 2. The van der Waals surface area contributed by atoms with Gasteiger partial charge in [0.2, 0.25) is 11.6 Å². The molecule has 2 aromatic carbocycles. The summed E-state index contributed by atoms with van der Waals surface area (Å²) in [5, 5.41) is 7.24. The number of amides is 1. The van der Waals surface area contributed by atoms with Gasteiger partial charge in [-0.25, -0.2) is 4.99 Å². The number of aryl methyl sites for hydroxylation is 2. The Bertz CT molecular complexity index is 1670. The number of nitrogens with one attached hydrogen (secondary N) is 1. The molecule has 2 aromatic heterocycles. The van der Waals surface area contributed by atoms with Crippen LogP contribution in [0.15, 0.2) is 70.7 Å². The van der Waals surface area contributed by atoms with Crippen LogP contribution in [0.1, 0.15) is 29.7 Å². The Hall–Kier alpha value is -3.98. The third-order valence-corrected chi connectivity index (χ3v) is 7.57. The highest BCUT2D eigenvalue weighted by atomic mass is 32.1. The molecule has 0 saturated carbocycles. The van der Waals surface area contributed by atoms with Gasteiger partial charge in [0, 0.05) is 30.1 Å². The van der Waals surface area contributed by atoms with Crippen LogP contribution in [0.25, 0.3) is 6.08 Å². The lowest BCUT2D eigenvalue weighted by Crippen LogP contribution is -2.59. The van der Waals surface area contributed by atoms with E-state index >= 15 is 0 Å². The van der Waals surface area contributed by atoms with Crippen LogP contribution in [0.2, 0.25) is 0 Å². The highest BCUT2D eigenvalue weighted by Crippen LogP contribution is 2.47. The van der Waals surface area contributed by atoms with E-state index in [-0.39, 0.29) is 11.5 Å². The zero-order valence-corrected chi connectivity index (χ0v) is 20.2. The van der Waals surface area contributed by atoms with E-state index in [1.807, 2.05) is 81.7 Å². The van der Waals surface area contributed by atoms with Crippen molar-refractivity contribution in [2.75, 3.05) is 5.32 Å². The van der Waals surface area contributed by atoms with Gasteiger partial charge in [-0.2, -0.15) is 5.10 Å². The second-order valence-electron chi connectivity index (χ2n) is 9.05. The van der Waals surface area contributed by atoms with Crippen molar-refractivity contribution in [2.45, 2.75) is 25.6 Å². The summed E-state index contributed by atoms with van der Waals surface area (Å²) in [7, 11) is 1.83. The molecule has 176 valence electrons. The Kier molecular flexibility index (Phi) is 4.79. The molecular weight excluding hydrogens is 462 g/mol. The van der Waals surface area contributed by atoms with Crippen LogP contribution in [-0.2, 0) is 11.8 Å². The minimum Gasteiger partial charge on any atom is -0.465 e. The molecule has 0 aliphatic carbocycles. The van der Waals surface area contributed by atoms with Crippen molar-refractivity contribution < 1.29 is 9.53 Å². The van der Waals surface area contributed by atoms with Gasteiger partial charge >= 0.3 is 0 Å². The minimum absolute atomic E-state index is 0.185. The first-order valence-electron chi connectivity index (χ1n) is 11.3. The summed E-state index contributed by atoms with van der Waals surface area (Å²) in [6.07, 6.45) is 5.36. The van der Waals surface area contributed by atoms with E-state index in [9.17, 15) is 9.59 Å². The average Bonchev–Trinajstić information content (AvgIpc) is 3.36. The van der Waals surface area contributed by atoms with Gasteiger partial charge in [-0.3, -0.25) is 18.8 Å². The molecule has 0 radical (unpaired) electrons. The molecule has 9 heteroatoms. The van der Waals surface area contributed by atoms with Gasteiger partial charge in [-0.1, -0.05) is 47.7 Å². The van der Waals surface area contributed by atoms with E-state index < -0.39 is 17.7 Å². The quantitative estimate of drug-likeness (QED) is 0.482. The Morgan fingerprint density at radius 3 is 2.74 bits per heavy atom. The number of carbonyl (C=O) groups is 1. The second-order valence-corrected chi connectivity index (χ2v) is 10.1. The fourth-order valence-corrected chi connectivity index (χ4v) is 6.03. The Labute approximate surface area is 204 Å². The zero-order valence-electron chi connectivity index (χ0n) is 19.4. The van der Waals surface area contributed by atoms with Crippen LogP contribution in [0.5, 0.6) is 5.75 Å². The molecule has 1 amide bonds. The third kappa shape index (κ3) is 3.42. The molecule has 4 heterocycles. The minimum atomic E-state index is -1.17. The average molecular weight is 486 g/mol. The van der Waals surface area contributed by atoms with Gasteiger partial charge in [0.25, 0.3) is 5.56 Å². The van der Waals surface area contributed by atoms with Crippen LogP contribution >= 0.6 is 11.3 Å². The maximum atomic E-state index is 13.8. The lowest BCUT2D eigenvalue weighted by molar-refractivity contribution is -0.131. The largest absolute Gasteiger partial charge is 0.465 e. The van der Waals surface area contributed by atoms with E-state index in [0.717, 1.165) is 22.4 Å². The molecule has 0 unspecified atom stereocenters. The Balaban J connectivity index is 1.54. The van der Waals surface area contributed by atoms with Crippen molar-refractivity contribution in [3.8, 4) is 5.75 Å². The number of ether oxygens (including phenoxy) is 1. The van der Waals surface area contributed by atoms with Crippen molar-refractivity contribution in [3.05, 3.63) is 97.3 Å². The maximum Gasteiger partial charge on any atom is 0.270 e. The summed E-state index contributed by atoms with van der Waals surface area (Å²) in [6, 6.07) is 14.6. The van der Waals surface area contributed by atoms with E-state index in [1.165, 1.54) is 11.3 Å². The molecular formula is C26H23N5O3S. The first-order chi connectivity index (χ1) is 16.8. The van der Waals surface area contributed by atoms with Gasteiger partial charge in [0.15, 0.2) is 4.80 Å². The number of fused-ring (bicyclic) bond motifs is 6. The van der Waals surface area contributed by atoms with Crippen LogP contribution in [0.4, 0.5) is 5.69 Å². The fourth-order valence-electron chi connectivity index (χ4n) is 4.93. The first kappa shape index (κ1) is 21.5. The summed E-state index contributed by atoms with van der Waals surface area (Å²) in [5.41, 5.74) is 1.93. The summed E-state index contributed by atoms with van der Waals surface area (Å²) in [5.74, 6) is -0.361. The predicted octanol–water partition coefficient (Wildman–Crippen LogP) is 2.37. The summed E-state index contributed by atoms with van der Waals surface area (Å²) >= 11 is 1.30. The van der Waals surface area contributed by atoms with Crippen LogP contribution in [0, 0.1) is 12.8 Å². The van der Waals surface area contributed by atoms with Crippen molar-refractivity contribution in [1.82, 2.24) is 14.3 Å². The third-order valence-electron chi connectivity index (χ3n) is 6.59. The van der Waals surface area contributed by atoms with Crippen molar-refractivity contribution in [2.24, 2.45) is 18.0 Å². The summed E-state index contributed by atoms with van der Waals surface area (Å²) in [4.78, 5) is 32.9.